The van der Waals surface area contributed by atoms with Gasteiger partial charge in [0.2, 0.25) is 5.88 Å². The summed E-state index contributed by atoms with van der Waals surface area (Å²) in [4.78, 5) is 19.1. The zero-order valence-electron chi connectivity index (χ0n) is 13.4. The van der Waals surface area contributed by atoms with Crippen molar-refractivity contribution >= 4 is 16.8 Å². The van der Waals surface area contributed by atoms with E-state index >= 15 is 0 Å². The number of rotatable bonds is 3. The third kappa shape index (κ3) is 2.71. The van der Waals surface area contributed by atoms with E-state index in [2.05, 4.69) is 11.1 Å². The van der Waals surface area contributed by atoms with Crippen molar-refractivity contribution in [2.75, 3.05) is 13.7 Å². The van der Waals surface area contributed by atoms with Crippen LogP contribution in [0.3, 0.4) is 0 Å². The van der Waals surface area contributed by atoms with E-state index in [1.165, 1.54) is 12.8 Å². The Labute approximate surface area is 135 Å². The smallest absolute Gasteiger partial charge is 0.263 e. The summed E-state index contributed by atoms with van der Waals surface area (Å²) >= 11 is 0. The van der Waals surface area contributed by atoms with E-state index < -0.39 is 6.10 Å². The van der Waals surface area contributed by atoms with Crippen LogP contribution in [-0.4, -0.2) is 35.5 Å². The first kappa shape index (κ1) is 14.3. The molecule has 0 N–H and O–H groups in total. The van der Waals surface area contributed by atoms with E-state index in [0.29, 0.717) is 18.3 Å². The van der Waals surface area contributed by atoms with Crippen LogP contribution in [0.5, 0.6) is 11.6 Å². The molecule has 1 aromatic heterocycles. The molecule has 0 bridgehead atoms. The molecule has 2 heterocycles. The van der Waals surface area contributed by atoms with Crippen molar-refractivity contribution in [2.24, 2.45) is 5.92 Å². The fourth-order valence-corrected chi connectivity index (χ4v) is 3.05. The average molecular weight is 312 g/mol. The van der Waals surface area contributed by atoms with E-state index in [-0.39, 0.29) is 5.91 Å². The number of ether oxygens (including phenoxy) is 2. The Morgan fingerprint density at radius 2 is 2.17 bits per heavy atom. The van der Waals surface area contributed by atoms with Crippen molar-refractivity contribution in [1.29, 1.82) is 0 Å². The van der Waals surface area contributed by atoms with Gasteiger partial charge in [-0.1, -0.05) is 0 Å². The van der Waals surface area contributed by atoms with E-state index in [1.54, 1.807) is 14.0 Å². The molecule has 2 aromatic rings. The van der Waals surface area contributed by atoms with Gasteiger partial charge in [0.1, 0.15) is 5.75 Å². The number of amides is 1. The molecule has 1 aromatic carbocycles. The number of carbonyl (C=O) groups is 1. The van der Waals surface area contributed by atoms with Crippen LogP contribution in [0.2, 0.25) is 0 Å². The van der Waals surface area contributed by atoms with Crippen molar-refractivity contribution in [3.8, 4) is 11.6 Å². The Hall–Kier alpha value is -2.30. The molecule has 1 amide bonds. The van der Waals surface area contributed by atoms with Crippen molar-refractivity contribution < 1.29 is 14.3 Å². The SMILES string of the molecule is COc1ccc2nc3c(cc2c1)CN(CC1CC1)C(=O)[C@@H](C)O3. The van der Waals surface area contributed by atoms with Crippen LogP contribution < -0.4 is 9.47 Å². The van der Waals surface area contributed by atoms with Gasteiger partial charge in [-0.25, -0.2) is 4.98 Å². The molecule has 1 aliphatic carbocycles. The van der Waals surface area contributed by atoms with Crippen molar-refractivity contribution in [3.05, 3.63) is 29.8 Å². The lowest BCUT2D eigenvalue weighted by Gasteiger charge is -2.21. The number of methoxy groups -OCH3 is 1. The highest BCUT2D eigenvalue weighted by atomic mass is 16.5. The summed E-state index contributed by atoms with van der Waals surface area (Å²) in [6.07, 6.45) is 1.95. The maximum atomic E-state index is 12.5. The Morgan fingerprint density at radius 1 is 1.35 bits per heavy atom. The molecule has 1 atom stereocenters. The predicted octanol–water partition coefficient (Wildman–Crippen LogP) is 2.76. The monoisotopic (exact) mass is 312 g/mol. The van der Waals surface area contributed by atoms with Gasteiger partial charge < -0.3 is 14.4 Å². The van der Waals surface area contributed by atoms with Gasteiger partial charge in [0.25, 0.3) is 5.91 Å². The number of carbonyl (C=O) groups excluding carboxylic acids is 1. The zero-order chi connectivity index (χ0) is 16.0. The summed E-state index contributed by atoms with van der Waals surface area (Å²) < 4.78 is 11.1. The Bertz CT molecular complexity index is 770. The lowest BCUT2D eigenvalue weighted by molar-refractivity contribution is -0.137. The van der Waals surface area contributed by atoms with Crippen molar-refractivity contribution in [3.63, 3.8) is 0 Å². The standard InChI is InChI=1S/C18H20N2O3/c1-11-18(21)20(9-12-3-4-12)10-14-7-13-8-15(22-2)5-6-16(13)19-17(14)23-11/h5-8,11-12H,3-4,9-10H2,1-2H3/t11-/m1/s1. The fraction of sp³-hybridized carbons (Fsp3) is 0.444. The highest BCUT2D eigenvalue weighted by Crippen LogP contribution is 2.33. The zero-order valence-corrected chi connectivity index (χ0v) is 13.4. The normalized spacial score (nSPS) is 20.9. The number of aromatic nitrogens is 1. The summed E-state index contributed by atoms with van der Waals surface area (Å²) in [7, 11) is 1.65. The average Bonchev–Trinajstić information content (AvgIpc) is 3.37. The number of hydrogen-bond acceptors (Lipinski definition) is 4. The summed E-state index contributed by atoms with van der Waals surface area (Å²) in [5, 5.41) is 1.00. The maximum absolute atomic E-state index is 12.5. The summed E-state index contributed by atoms with van der Waals surface area (Å²) in [5.74, 6) is 2.08. The Morgan fingerprint density at radius 3 is 2.91 bits per heavy atom. The van der Waals surface area contributed by atoms with Crippen molar-refractivity contribution in [2.45, 2.75) is 32.4 Å². The summed E-state index contributed by atoms with van der Waals surface area (Å²) in [5.41, 5.74) is 1.81. The fourth-order valence-electron chi connectivity index (χ4n) is 3.05. The van der Waals surface area contributed by atoms with E-state index in [9.17, 15) is 4.79 Å². The lowest BCUT2D eigenvalue weighted by Crippen LogP contribution is -2.39. The van der Waals surface area contributed by atoms with Crippen LogP contribution in [0.4, 0.5) is 0 Å². The molecule has 0 spiro atoms. The second kappa shape index (κ2) is 5.41. The highest BCUT2D eigenvalue weighted by Gasteiger charge is 2.33. The first-order valence-electron chi connectivity index (χ1n) is 8.07. The first-order chi connectivity index (χ1) is 11.1. The van der Waals surface area contributed by atoms with Gasteiger partial charge in [0.15, 0.2) is 6.10 Å². The summed E-state index contributed by atoms with van der Waals surface area (Å²) in [6.45, 7) is 3.19. The predicted molar refractivity (Wildman–Crippen MR) is 86.5 cm³/mol. The van der Waals surface area contributed by atoms with Gasteiger partial charge in [0, 0.05) is 17.5 Å². The number of pyridine rings is 1. The molecule has 1 saturated carbocycles. The van der Waals surface area contributed by atoms with Crippen LogP contribution in [-0.2, 0) is 11.3 Å². The first-order valence-corrected chi connectivity index (χ1v) is 8.07. The Balaban J connectivity index is 1.75. The lowest BCUT2D eigenvalue weighted by atomic mass is 10.1. The molecular weight excluding hydrogens is 292 g/mol. The quantitative estimate of drug-likeness (QED) is 0.874. The summed E-state index contributed by atoms with van der Waals surface area (Å²) in [6, 6.07) is 7.82. The minimum Gasteiger partial charge on any atom is -0.497 e. The van der Waals surface area contributed by atoms with E-state index in [4.69, 9.17) is 9.47 Å². The number of benzene rings is 1. The number of fused-ring (bicyclic) bond motifs is 2. The van der Waals surface area contributed by atoms with E-state index in [1.807, 2.05) is 23.1 Å². The molecule has 0 saturated heterocycles. The molecule has 0 unspecified atom stereocenters. The van der Waals surface area contributed by atoms with Crippen LogP contribution in [0.25, 0.3) is 10.9 Å². The number of hydrogen-bond donors (Lipinski definition) is 0. The van der Waals surface area contributed by atoms with Gasteiger partial charge >= 0.3 is 0 Å². The van der Waals surface area contributed by atoms with Gasteiger partial charge in [0.05, 0.1) is 19.2 Å². The molecule has 0 radical (unpaired) electrons. The van der Waals surface area contributed by atoms with Crippen molar-refractivity contribution in [1.82, 2.24) is 9.88 Å². The minimum absolute atomic E-state index is 0.0523. The minimum atomic E-state index is -0.488. The van der Waals surface area contributed by atoms with Crippen LogP contribution in [0.1, 0.15) is 25.3 Å². The van der Waals surface area contributed by atoms with E-state index in [0.717, 1.165) is 28.8 Å². The van der Waals surface area contributed by atoms with Gasteiger partial charge in [-0.3, -0.25) is 4.79 Å². The third-order valence-corrected chi connectivity index (χ3v) is 4.55. The molecule has 120 valence electrons. The molecular formula is C18H20N2O3. The second-order valence-corrected chi connectivity index (χ2v) is 6.43. The highest BCUT2D eigenvalue weighted by molar-refractivity contribution is 5.84. The van der Waals surface area contributed by atoms with Gasteiger partial charge in [-0.15, -0.1) is 0 Å². The molecule has 5 nitrogen and oxygen atoms in total. The molecule has 4 rings (SSSR count). The number of nitrogens with zero attached hydrogens (tertiary/aromatic N) is 2. The van der Waals surface area contributed by atoms with Gasteiger partial charge in [-0.05, 0) is 49.9 Å². The maximum Gasteiger partial charge on any atom is 0.263 e. The Kier molecular flexibility index (Phi) is 3.36. The second-order valence-electron chi connectivity index (χ2n) is 6.43. The van der Waals surface area contributed by atoms with Crippen LogP contribution in [0.15, 0.2) is 24.3 Å². The third-order valence-electron chi connectivity index (χ3n) is 4.55. The van der Waals surface area contributed by atoms with Gasteiger partial charge in [-0.2, -0.15) is 0 Å². The largest absolute Gasteiger partial charge is 0.497 e. The van der Waals surface area contributed by atoms with Crippen LogP contribution >= 0.6 is 0 Å². The molecule has 2 aliphatic rings. The molecule has 1 fully saturated rings. The molecule has 23 heavy (non-hydrogen) atoms. The van der Waals surface area contributed by atoms with Crippen LogP contribution in [0, 0.1) is 5.92 Å². The molecule has 1 aliphatic heterocycles. The molecule has 5 heteroatoms. The topological polar surface area (TPSA) is 51.7 Å².